The zero-order valence-corrected chi connectivity index (χ0v) is 11.9. The first-order chi connectivity index (χ1) is 8.62. The summed E-state index contributed by atoms with van der Waals surface area (Å²) in [6, 6.07) is 9.72. The van der Waals surface area contributed by atoms with E-state index in [9.17, 15) is 0 Å². The van der Waals surface area contributed by atoms with E-state index in [1.807, 2.05) is 0 Å². The topological polar surface area (TPSA) is 3.01 Å². The van der Waals surface area contributed by atoms with E-state index in [1.54, 1.807) is 0 Å². The van der Waals surface area contributed by atoms with Gasteiger partial charge in [0.1, 0.15) is 0 Å². The van der Waals surface area contributed by atoms with E-state index < -0.39 is 0 Å². The standard InChI is InChI=1S/C17H24N/c1-13-17(2,3)15-11-7-8-12-16(15)18(13)14-9-5-4-6-10-14/h7-8,11-12,14H,4-6,9-10H2,1-3H3/q+1. The summed E-state index contributed by atoms with van der Waals surface area (Å²) in [5.74, 6) is 0. The number of fused-ring (bicyclic) bond motifs is 1. The molecule has 2 aliphatic rings. The summed E-state index contributed by atoms with van der Waals surface area (Å²) in [6.45, 7) is 7.06. The van der Waals surface area contributed by atoms with Crippen molar-refractivity contribution in [1.82, 2.24) is 0 Å². The van der Waals surface area contributed by atoms with E-state index in [1.165, 1.54) is 49.1 Å². The van der Waals surface area contributed by atoms with E-state index in [4.69, 9.17) is 0 Å². The number of hydrogen-bond acceptors (Lipinski definition) is 0. The van der Waals surface area contributed by atoms with Crippen molar-refractivity contribution in [3.05, 3.63) is 29.8 Å². The van der Waals surface area contributed by atoms with Gasteiger partial charge in [-0.2, -0.15) is 4.58 Å². The first kappa shape index (κ1) is 12.0. The zero-order chi connectivity index (χ0) is 12.8. The first-order valence-electron chi connectivity index (χ1n) is 7.35. The van der Waals surface area contributed by atoms with Crippen LogP contribution >= 0.6 is 0 Å². The van der Waals surface area contributed by atoms with Crippen molar-refractivity contribution in [2.75, 3.05) is 0 Å². The lowest BCUT2D eigenvalue weighted by Crippen LogP contribution is -2.32. The van der Waals surface area contributed by atoms with Crippen molar-refractivity contribution in [1.29, 1.82) is 0 Å². The Kier molecular flexibility index (Phi) is 2.80. The molecule has 0 radical (unpaired) electrons. The molecule has 1 aromatic rings. The molecule has 1 aliphatic heterocycles. The number of para-hydroxylation sites is 1. The van der Waals surface area contributed by atoms with E-state index in [2.05, 4.69) is 49.6 Å². The summed E-state index contributed by atoms with van der Waals surface area (Å²) in [5, 5.41) is 0. The molecule has 0 unspecified atom stereocenters. The van der Waals surface area contributed by atoms with Crippen LogP contribution in [0.4, 0.5) is 5.69 Å². The second-order valence-corrected chi connectivity index (χ2v) is 6.39. The van der Waals surface area contributed by atoms with E-state index in [-0.39, 0.29) is 5.41 Å². The monoisotopic (exact) mass is 242 g/mol. The summed E-state index contributed by atoms with van der Waals surface area (Å²) >= 11 is 0. The highest BCUT2D eigenvalue weighted by molar-refractivity contribution is 5.93. The quantitative estimate of drug-likeness (QED) is 0.641. The van der Waals surface area contributed by atoms with Crippen LogP contribution in [0, 0.1) is 0 Å². The Hall–Kier alpha value is -1.11. The van der Waals surface area contributed by atoms with Gasteiger partial charge < -0.3 is 0 Å². The molecule has 0 aromatic heterocycles. The Morgan fingerprint density at radius 1 is 1.06 bits per heavy atom. The van der Waals surface area contributed by atoms with E-state index >= 15 is 0 Å². The van der Waals surface area contributed by atoms with Crippen LogP contribution in [0.2, 0.25) is 0 Å². The smallest absolute Gasteiger partial charge is 0.196 e. The van der Waals surface area contributed by atoms with Crippen molar-refractivity contribution in [2.45, 2.75) is 64.3 Å². The maximum absolute atomic E-state index is 2.65. The van der Waals surface area contributed by atoms with Gasteiger partial charge in [0, 0.05) is 31.4 Å². The number of rotatable bonds is 1. The molecule has 0 atom stereocenters. The van der Waals surface area contributed by atoms with E-state index in [0.29, 0.717) is 0 Å². The number of benzene rings is 1. The molecule has 1 aliphatic carbocycles. The van der Waals surface area contributed by atoms with Crippen molar-refractivity contribution in [2.24, 2.45) is 0 Å². The van der Waals surface area contributed by atoms with Gasteiger partial charge in [-0.25, -0.2) is 0 Å². The molecule has 1 nitrogen and oxygen atoms in total. The van der Waals surface area contributed by atoms with Crippen molar-refractivity contribution in [3.63, 3.8) is 0 Å². The van der Waals surface area contributed by atoms with Crippen LogP contribution < -0.4 is 0 Å². The van der Waals surface area contributed by atoms with Gasteiger partial charge in [-0.1, -0.05) is 24.6 Å². The minimum atomic E-state index is 0.202. The molecular weight excluding hydrogens is 218 g/mol. The van der Waals surface area contributed by atoms with Crippen LogP contribution in [0.3, 0.4) is 0 Å². The summed E-state index contributed by atoms with van der Waals surface area (Å²) in [7, 11) is 0. The first-order valence-corrected chi connectivity index (χ1v) is 7.35. The van der Waals surface area contributed by atoms with Crippen molar-refractivity contribution < 1.29 is 4.58 Å². The van der Waals surface area contributed by atoms with Crippen LogP contribution in [-0.2, 0) is 5.41 Å². The van der Waals surface area contributed by atoms with Gasteiger partial charge in [0.05, 0.1) is 5.41 Å². The largest absolute Gasteiger partial charge is 0.209 e. The molecule has 0 amide bonds. The molecule has 1 heteroatoms. The highest BCUT2D eigenvalue weighted by Crippen LogP contribution is 2.41. The molecule has 1 aromatic carbocycles. The second-order valence-electron chi connectivity index (χ2n) is 6.39. The third kappa shape index (κ3) is 1.64. The lowest BCUT2D eigenvalue weighted by Gasteiger charge is -2.20. The van der Waals surface area contributed by atoms with Gasteiger partial charge >= 0.3 is 0 Å². The van der Waals surface area contributed by atoms with Gasteiger partial charge in [0.2, 0.25) is 5.69 Å². The highest BCUT2D eigenvalue weighted by Gasteiger charge is 2.45. The number of nitrogens with zero attached hydrogens (tertiary/aromatic N) is 1. The van der Waals surface area contributed by atoms with Crippen LogP contribution in [0.5, 0.6) is 0 Å². The minimum absolute atomic E-state index is 0.202. The van der Waals surface area contributed by atoms with E-state index in [0.717, 1.165) is 6.04 Å². The Labute approximate surface area is 111 Å². The van der Waals surface area contributed by atoms with Gasteiger partial charge in [-0.15, -0.1) is 0 Å². The Balaban J connectivity index is 2.09. The fourth-order valence-electron chi connectivity index (χ4n) is 3.70. The van der Waals surface area contributed by atoms with Crippen LogP contribution in [-0.4, -0.2) is 16.3 Å². The molecule has 0 N–H and O–H groups in total. The zero-order valence-electron chi connectivity index (χ0n) is 11.9. The van der Waals surface area contributed by atoms with Gasteiger partial charge in [0.15, 0.2) is 11.8 Å². The Bertz CT molecular complexity index is 490. The molecule has 0 bridgehead atoms. The maximum Gasteiger partial charge on any atom is 0.209 e. The third-order valence-electron chi connectivity index (χ3n) is 5.04. The molecule has 0 saturated heterocycles. The fourth-order valence-corrected chi connectivity index (χ4v) is 3.70. The molecule has 1 heterocycles. The van der Waals surface area contributed by atoms with Crippen LogP contribution in [0.15, 0.2) is 24.3 Å². The fraction of sp³-hybridized carbons (Fsp3) is 0.588. The summed E-state index contributed by atoms with van der Waals surface area (Å²) in [4.78, 5) is 0. The predicted molar refractivity (Wildman–Crippen MR) is 76.9 cm³/mol. The molecule has 1 saturated carbocycles. The average molecular weight is 242 g/mol. The Morgan fingerprint density at radius 2 is 1.72 bits per heavy atom. The number of hydrogen-bond donors (Lipinski definition) is 0. The second kappa shape index (κ2) is 4.22. The maximum atomic E-state index is 2.65. The van der Waals surface area contributed by atoms with Crippen LogP contribution in [0.1, 0.15) is 58.4 Å². The molecule has 96 valence electrons. The molecule has 3 rings (SSSR count). The lowest BCUT2D eigenvalue weighted by molar-refractivity contribution is -0.488. The average Bonchev–Trinajstić information content (AvgIpc) is 2.60. The SMILES string of the molecule is CC1=[N+](C2CCCCC2)c2ccccc2C1(C)C. The third-order valence-corrected chi connectivity index (χ3v) is 5.04. The van der Waals surface area contributed by atoms with Crippen molar-refractivity contribution in [3.8, 4) is 0 Å². The van der Waals surface area contributed by atoms with Gasteiger partial charge in [0.25, 0.3) is 0 Å². The normalized spacial score (nSPS) is 23.3. The van der Waals surface area contributed by atoms with Gasteiger partial charge in [-0.3, -0.25) is 0 Å². The van der Waals surface area contributed by atoms with Crippen LogP contribution in [0.25, 0.3) is 0 Å². The molecule has 0 spiro atoms. The summed E-state index contributed by atoms with van der Waals surface area (Å²) in [6.07, 6.45) is 6.95. The summed E-state index contributed by atoms with van der Waals surface area (Å²) in [5.41, 5.74) is 4.71. The van der Waals surface area contributed by atoms with Gasteiger partial charge in [-0.05, 0) is 26.7 Å². The van der Waals surface area contributed by atoms with Crippen molar-refractivity contribution >= 4 is 11.4 Å². The minimum Gasteiger partial charge on any atom is -0.196 e. The highest BCUT2D eigenvalue weighted by atomic mass is 15.1. The Morgan fingerprint density at radius 3 is 2.44 bits per heavy atom. The predicted octanol–water partition coefficient (Wildman–Crippen LogP) is 4.42. The molecule has 1 fully saturated rings. The molecule has 18 heavy (non-hydrogen) atoms. The molecular formula is C17H24N+. The lowest BCUT2D eigenvalue weighted by atomic mass is 9.82. The summed E-state index contributed by atoms with van der Waals surface area (Å²) < 4.78 is 2.65.